The minimum Gasteiger partial charge on any atom is -0.455 e. The van der Waals surface area contributed by atoms with Crippen molar-refractivity contribution in [3.05, 3.63) is 99.4 Å². The largest absolute Gasteiger partial charge is 0.455 e. The van der Waals surface area contributed by atoms with E-state index >= 15 is 0 Å². The Bertz CT molecular complexity index is 1480. The molecule has 148 valence electrons. The second kappa shape index (κ2) is 6.77. The molecule has 31 heavy (non-hydrogen) atoms. The number of ketones is 2. The van der Waals surface area contributed by atoms with Gasteiger partial charge in [-0.2, -0.15) is 0 Å². The van der Waals surface area contributed by atoms with Crippen molar-refractivity contribution in [2.45, 2.75) is 0 Å². The molecule has 2 heterocycles. The Morgan fingerprint density at radius 2 is 1.45 bits per heavy atom. The molecule has 1 aliphatic rings. The van der Waals surface area contributed by atoms with E-state index in [1.807, 2.05) is 72.8 Å². The number of hydrogen-bond acceptors (Lipinski definition) is 4. The van der Waals surface area contributed by atoms with E-state index in [9.17, 15) is 9.59 Å². The molecule has 0 aliphatic heterocycles. The molecule has 0 bridgehead atoms. The van der Waals surface area contributed by atoms with Crippen molar-refractivity contribution in [1.29, 1.82) is 0 Å². The van der Waals surface area contributed by atoms with Gasteiger partial charge in [-0.05, 0) is 59.3 Å². The Balaban J connectivity index is 1.38. The number of rotatable bonds is 2. The fraction of sp³-hybridized carbons (Fsp3) is 0. The standard InChI is InChI=1S/C26H13ClO3S/c27-17-7-5-14(6-8-17)22-13-24-23(30-22)12-18(31-24)11-21-25(28)19-9-15-3-1-2-4-16(15)10-20(19)26(21)29/h1-13H. The third-order valence-corrected chi connectivity index (χ3v) is 6.77. The van der Waals surface area contributed by atoms with Crippen molar-refractivity contribution in [3.63, 3.8) is 0 Å². The molecule has 0 saturated heterocycles. The molecule has 0 atom stereocenters. The van der Waals surface area contributed by atoms with Crippen LogP contribution in [-0.4, -0.2) is 11.6 Å². The van der Waals surface area contributed by atoms with Gasteiger partial charge in [-0.1, -0.05) is 35.9 Å². The molecular formula is C26H13ClO3S. The van der Waals surface area contributed by atoms with Crippen LogP contribution in [0.25, 0.3) is 38.5 Å². The first-order chi connectivity index (χ1) is 15.1. The number of halogens is 1. The van der Waals surface area contributed by atoms with Crippen molar-refractivity contribution in [2.24, 2.45) is 0 Å². The molecule has 5 aromatic rings. The van der Waals surface area contributed by atoms with Crippen LogP contribution in [0.5, 0.6) is 0 Å². The van der Waals surface area contributed by atoms with E-state index < -0.39 is 0 Å². The molecule has 6 rings (SSSR count). The maximum Gasteiger partial charge on any atom is 0.197 e. The van der Waals surface area contributed by atoms with Crippen LogP contribution in [0, 0.1) is 0 Å². The van der Waals surface area contributed by atoms with Gasteiger partial charge in [0, 0.05) is 32.7 Å². The fourth-order valence-electron chi connectivity index (χ4n) is 3.96. The first-order valence-corrected chi connectivity index (χ1v) is 10.9. The van der Waals surface area contributed by atoms with Crippen molar-refractivity contribution < 1.29 is 14.0 Å². The summed E-state index contributed by atoms with van der Waals surface area (Å²) < 4.78 is 6.93. The lowest BCUT2D eigenvalue weighted by Crippen LogP contribution is -1.99. The Labute approximate surface area is 186 Å². The number of thiophene rings is 1. The van der Waals surface area contributed by atoms with Gasteiger partial charge in [-0.3, -0.25) is 9.59 Å². The Kier molecular flexibility index (Phi) is 4.00. The minimum atomic E-state index is -0.224. The molecule has 3 aromatic carbocycles. The van der Waals surface area contributed by atoms with Gasteiger partial charge in [-0.15, -0.1) is 11.3 Å². The van der Waals surface area contributed by atoms with Crippen molar-refractivity contribution in [3.8, 4) is 11.3 Å². The summed E-state index contributed by atoms with van der Waals surface area (Å²) in [7, 11) is 0. The number of hydrogen-bond donors (Lipinski definition) is 0. The predicted octanol–water partition coefficient (Wildman–Crippen LogP) is 7.43. The van der Waals surface area contributed by atoms with Gasteiger partial charge in [0.15, 0.2) is 11.6 Å². The molecule has 1 aliphatic carbocycles. The van der Waals surface area contributed by atoms with Crippen LogP contribution in [0.2, 0.25) is 5.02 Å². The number of benzene rings is 3. The average molecular weight is 441 g/mol. The number of furan rings is 1. The summed E-state index contributed by atoms with van der Waals surface area (Å²) in [5.41, 5.74) is 2.81. The SMILES string of the molecule is O=C1C(=Cc2cc3oc(-c4ccc(Cl)cc4)cc3s2)C(=O)c2cc3ccccc3cc21. The molecule has 0 saturated carbocycles. The van der Waals surface area contributed by atoms with Crippen molar-refractivity contribution in [1.82, 2.24) is 0 Å². The third-order valence-electron chi connectivity index (χ3n) is 5.51. The summed E-state index contributed by atoms with van der Waals surface area (Å²) >= 11 is 7.44. The lowest BCUT2D eigenvalue weighted by molar-refractivity contribution is 0.0990. The van der Waals surface area contributed by atoms with Crippen LogP contribution in [0.3, 0.4) is 0 Å². The van der Waals surface area contributed by atoms with Gasteiger partial charge in [0.1, 0.15) is 11.3 Å². The van der Waals surface area contributed by atoms with Gasteiger partial charge >= 0.3 is 0 Å². The number of allylic oxidation sites excluding steroid dienone is 1. The third kappa shape index (κ3) is 2.95. The summed E-state index contributed by atoms with van der Waals surface area (Å²) in [5.74, 6) is 0.305. The highest BCUT2D eigenvalue weighted by Gasteiger charge is 2.33. The first-order valence-electron chi connectivity index (χ1n) is 9.70. The number of carbonyl (C=O) groups is 2. The highest BCUT2D eigenvalue weighted by Crippen LogP contribution is 2.37. The molecule has 5 heteroatoms. The van der Waals surface area contributed by atoms with Crippen LogP contribution in [0.1, 0.15) is 25.6 Å². The van der Waals surface area contributed by atoms with E-state index in [4.69, 9.17) is 16.0 Å². The molecule has 0 N–H and O–H groups in total. The van der Waals surface area contributed by atoms with Crippen LogP contribution < -0.4 is 0 Å². The zero-order chi connectivity index (χ0) is 21.1. The molecule has 0 fully saturated rings. The van der Waals surface area contributed by atoms with Crippen molar-refractivity contribution in [2.75, 3.05) is 0 Å². The number of fused-ring (bicyclic) bond motifs is 3. The van der Waals surface area contributed by atoms with Gasteiger partial charge in [0.2, 0.25) is 0 Å². The highest BCUT2D eigenvalue weighted by atomic mass is 35.5. The summed E-state index contributed by atoms with van der Waals surface area (Å²) in [4.78, 5) is 26.7. The molecule has 0 spiro atoms. The van der Waals surface area contributed by atoms with E-state index in [2.05, 4.69) is 0 Å². The Hall–Kier alpha value is -3.47. The van der Waals surface area contributed by atoms with E-state index in [-0.39, 0.29) is 17.1 Å². The molecule has 0 radical (unpaired) electrons. The maximum absolute atomic E-state index is 13.0. The number of carbonyl (C=O) groups excluding carboxylic acids is 2. The normalized spacial score (nSPS) is 13.4. The smallest absolute Gasteiger partial charge is 0.197 e. The lowest BCUT2D eigenvalue weighted by atomic mass is 10.0. The molecule has 0 unspecified atom stereocenters. The molecule has 3 nitrogen and oxygen atoms in total. The van der Waals surface area contributed by atoms with E-state index in [1.54, 1.807) is 6.08 Å². The van der Waals surface area contributed by atoms with Crippen LogP contribution in [0.15, 0.2) is 82.8 Å². The van der Waals surface area contributed by atoms with Crippen LogP contribution >= 0.6 is 22.9 Å². The number of Topliss-reactive ketones (excluding diaryl/α,β-unsaturated/α-hetero) is 2. The van der Waals surface area contributed by atoms with Crippen LogP contribution in [0.4, 0.5) is 0 Å². The first kappa shape index (κ1) is 18.3. The summed E-state index contributed by atoms with van der Waals surface area (Å²) in [5, 5.41) is 2.57. The maximum atomic E-state index is 13.0. The summed E-state index contributed by atoms with van der Waals surface area (Å²) in [6.07, 6.45) is 1.68. The zero-order valence-electron chi connectivity index (χ0n) is 16.0. The van der Waals surface area contributed by atoms with Gasteiger partial charge in [0.05, 0.1) is 10.3 Å². The van der Waals surface area contributed by atoms with Crippen LogP contribution in [-0.2, 0) is 0 Å². The van der Waals surface area contributed by atoms with E-state index in [0.717, 1.165) is 37.3 Å². The zero-order valence-corrected chi connectivity index (χ0v) is 17.6. The predicted molar refractivity (Wildman–Crippen MR) is 125 cm³/mol. The topological polar surface area (TPSA) is 47.3 Å². The van der Waals surface area contributed by atoms with Gasteiger partial charge < -0.3 is 4.42 Å². The lowest BCUT2D eigenvalue weighted by Gasteiger charge is -2.00. The average Bonchev–Trinajstić information content (AvgIpc) is 3.40. The van der Waals surface area contributed by atoms with Gasteiger partial charge in [-0.25, -0.2) is 0 Å². The second-order valence-corrected chi connectivity index (χ2v) is 9.01. The summed E-state index contributed by atoms with van der Waals surface area (Å²) in [6.45, 7) is 0. The molecule has 2 aromatic heterocycles. The highest BCUT2D eigenvalue weighted by molar-refractivity contribution is 7.19. The Morgan fingerprint density at radius 1 is 0.806 bits per heavy atom. The minimum absolute atomic E-state index is 0.201. The molecule has 0 amide bonds. The summed E-state index contributed by atoms with van der Waals surface area (Å²) in [6, 6.07) is 22.6. The second-order valence-electron chi connectivity index (χ2n) is 7.46. The van der Waals surface area contributed by atoms with Gasteiger partial charge in [0.25, 0.3) is 0 Å². The van der Waals surface area contributed by atoms with E-state index in [0.29, 0.717) is 16.1 Å². The molecular weight excluding hydrogens is 428 g/mol. The quantitative estimate of drug-likeness (QED) is 0.212. The van der Waals surface area contributed by atoms with Crippen molar-refractivity contribution >= 4 is 61.6 Å². The monoisotopic (exact) mass is 440 g/mol. The fourth-order valence-corrected chi connectivity index (χ4v) is 5.05. The van der Waals surface area contributed by atoms with E-state index in [1.165, 1.54) is 11.3 Å². The Morgan fingerprint density at radius 3 is 2.06 bits per heavy atom.